The summed E-state index contributed by atoms with van der Waals surface area (Å²) in [4.78, 5) is 4.03. The Morgan fingerprint density at radius 3 is 2.57 bits per heavy atom. The predicted molar refractivity (Wildman–Crippen MR) is 103 cm³/mol. The summed E-state index contributed by atoms with van der Waals surface area (Å²) in [5, 5.41) is 11.5. The SMILES string of the molecule is OC(c1cccnc1)c1c(-c2ccc(F)cc2F)coc1-c1cccc(Cl)c1. The van der Waals surface area contributed by atoms with Crippen molar-refractivity contribution in [2.24, 2.45) is 0 Å². The lowest BCUT2D eigenvalue weighted by Gasteiger charge is -2.14. The second-order valence-corrected chi connectivity index (χ2v) is 6.65. The molecule has 0 aliphatic heterocycles. The van der Waals surface area contributed by atoms with Gasteiger partial charge in [0.15, 0.2) is 0 Å². The standard InChI is InChI=1S/C22H14ClF2NO2/c23-15-5-1-3-13(9-15)22-20(21(27)14-4-2-8-26-11-14)18(12-28-22)17-7-6-16(24)10-19(17)25/h1-12,21,27H. The molecule has 6 heteroatoms. The maximum Gasteiger partial charge on any atom is 0.140 e. The van der Waals surface area contributed by atoms with Crippen LogP contribution in [0, 0.1) is 11.6 Å². The van der Waals surface area contributed by atoms with Crippen LogP contribution in [0.5, 0.6) is 0 Å². The molecule has 0 fully saturated rings. The van der Waals surface area contributed by atoms with E-state index in [9.17, 15) is 13.9 Å². The van der Waals surface area contributed by atoms with E-state index in [2.05, 4.69) is 4.98 Å². The van der Waals surface area contributed by atoms with Crippen molar-refractivity contribution < 1.29 is 18.3 Å². The molecule has 140 valence electrons. The molecule has 4 aromatic rings. The van der Waals surface area contributed by atoms with Crippen molar-refractivity contribution in [3.63, 3.8) is 0 Å². The smallest absolute Gasteiger partial charge is 0.140 e. The van der Waals surface area contributed by atoms with Crippen molar-refractivity contribution in [3.8, 4) is 22.5 Å². The highest BCUT2D eigenvalue weighted by Gasteiger charge is 2.26. The molecule has 0 amide bonds. The number of aliphatic hydroxyl groups excluding tert-OH is 1. The van der Waals surface area contributed by atoms with Crippen LogP contribution in [0.3, 0.4) is 0 Å². The van der Waals surface area contributed by atoms with E-state index >= 15 is 0 Å². The fourth-order valence-electron chi connectivity index (χ4n) is 3.11. The number of benzene rings is 2. The molecule has 2 aromatic heterocycles. The lowest BCUT2D eigenvalue weighted by molar-refractivity contribution is 0.220. The largest absolute Gasteiger partial charge is 0.463 e. The van der Waals surface area contributed by atoms with Gasteiger partial charge in [0.2, 0.25) is 0 Å². The normalized spacial score (nSPS) is 12.1. The minimum Gasteiger partial charge on any atom is -0.463 e. The van der Waals surface area contributed by atoms with Gasteiger partial charge in [0.05, 0.1) is 6.26 Å². The van der Waals surface area contributed by atoms with Gasteiger partial charge in [-0.25, -0.2) is 8.78 Å². The maximum atomic E-state index is 14.5. The van der Waals surface area contributed by atoms with Gasteiger partial charge in [0, 0.05) is 51.3 Å². The minimum absolute atomic E-state index is 0.122. The average molecular weight is 398 g/mol. The van der Waals surface area contributed by atoms with E-state index < -0.39 is 17.7 Å². The first-order valence-electron chi connectivity index (χ1n) is 8.45. The second kappa shape index (κ2) is 7.54. The summed E-state index contributed by atoms with van der Waals surface area (Å²) in [6.45, 7) is 0. The average Bonchev–Trinajstić information content (AvgIpc) is 3.13. The van der Waals surface area contributed by atoms with E-state index in [0.29, 0.717) is 33.0 Å². The summed E-state index contributed by atoms with van der Waals surface area (Å²) >= 11 is 6.09. The van der Waals surface area contributed by atoms with Gasteiger partial charge in [-0.05, 0) is 30.3 Å². The molecule has 0 radical (unpaired) electrons. The number of aliphatic hydroxyl groups is 1. The number of pyridine rings is 1. The molecule has 1 N–H and O–H groups in total. The Bertz CT molecular complexity index is 1130. The highest BCUT2D eigenvalue weighted by atomic mass is 35.5. The molecular formula is C22H14ClF2NO2. The van der Waals surface area contributed by atoms with Crippen LogP contribution in [-0.4, -0.2) is 10.1 Å². The first kappa shape index (κ1) is 18.3. The van der Waals surface area contributed by atoms with Crippen LogP contribution in [-0.2, 0) is 0 Å². The number of halogens is 3. The number of hydrogen-bond donors (Lipinski definition) is 1. The summed E-state index contributed by atoms with van der Waals surface area (Å²) < 4.78 is 33.5. The van der Waals surface area contributed by atoms with Crippen LogP contribution in [0.25, 0.3) is 22.5 Å². The van der Waals surface area contributed by atoms with Gasteiger partial charge in [-0.15, -0.1) is 0 Å². The van der Waals surface area contributed by atoms with Crippen LogP contribution in [0.4, 0.5) is 8.78 Å². The van der Waals surface area contributed by atoms with Gasteiger partial charge < -0.3 is 9.52 Å². The molecule has 1 atom stereocenters. The van der Waals surface area contributed by atoms with Gasteiger partial charge in [-0.1, -0.05) is 29.8 Å². The van der Waals surface area contributed by atoms with Crippen molar-refractivity contribution in [2.45, 2.75) is 6.10 Å². The molecule has 3 nitrogen and oxygen atoms in total. The topological polar surface area (TPSA) is 46.3 Å². The van der Waals surface area contributed by atoms with Crippen LogP contribution in [0.1, 0.15) is 17.2 Å². The molecule has 2 heterocycles. The zero-order chi connectivity index (χ0) is 19.7. The fourth-order valence-corrected chi connectivity index (χ4v) is 3.30. The molecule has 0 saturated carbocycles. The van der Waals surface area contributed by atoms with Crippen LogP contribution >= 0.6 is 11.6 Å². The molecular weight excluding hydrogens is 384 g/mol. The van der Waals surface area contributed by atoms with Gasteiger partial charge >= 0.3 is 0 Å². The van der Waals surface area contributed by atoms with E-state index in [0.717, 1.165) is 12.1 Å². The third-order valence-electron chi connectivity index (χ3n) is 4.41. The summed E-state index contributed by atoms with van der Waals surface area (Å²) in [5.74, 6) is -1.09. The lowest BCUT2D eigenvalue weighted by atomic mass is 9.93. The number of rotatable bonds is 4. The van der Waals surface area contributed by atoms with Crippen LogP contribution in [0.15, 0.2) is 77.7 Å². The Labute approximate surface area is 164 Å². The van der Waals surface area contributed by atoms with Crippen molar-refractivity contribution in [2.75, 3.05) is 0 Å². The Balaban J connectivity index is 1.94. The zero-order valence-corrected chi connectivity index (χ0v) is 15.2. The quantitative estimate of drug-likeness (QED) is 0.458. The first-order valence-corrected chi connectivity index (χ1v) is 8.83. The Hall–Kier alpha value is -3.02. The van der Waals surface area contributed by atoms with Crippen molar-refractivity contribution >= 4 is 11.6 Å². The van der Waals surface area contributed by atoms with Crippen molar-refractivity contribution in [1.82, 2.24) is 4.98 Å². The molecule has 0 bridgehead atoms. The summed E-state index contributed by atoms with van der Waals surface area (Å²) in [7, 11) is 0. The van der Waals surface area contributed by atoms with Crippen LogP contribution in [0.2, 0.25) is 5.02 Å². The van der Waals surface area contributed by atoms with E-state index in [1.165, 1.54) is 18.5 Å². The van der Waals surface area contributed by atoms with Gasteiger partial charge in [-0.2, -0.15) is 0 Å². The van der Waals surface area contributed by atoms with Crippen molar-refractivity contribution in [1.29, 1.82) is 0 Å². The molecule has 0 saturated heterocycles. The Kier molecular flexibility index (Phi) is 4.94. The third kappa shape index (κ3) is 3.42. The monoisotopic (exact) mass is 397 g/mol. The number of hydrogen-bond acceptors (Lipinski definition) is 3. The summed E-state index contributed by atoms with van der Waals surface area (Å²) in [6.07, 6.45) is 3.32. The molecule has 4 rings (SSSR count). The minimum atomic E-state index is -1.14. The molecule has 1 unspecified atom stereocenters. The molecule has 28 heavy (non-hydrogen) atoms. The number of furan rings is 1. The lowest BCUT2D eigenvalue weighted by Crippen LogP contribution is -2.03. The summed E-state index contributed by atoms with van der Waals surface area (Å²) in [5.41, 5.74) is 1.93. The van der Waals surface area contributed by atoms with Crippen molar-refractivity contribution in [3.05, 3.63) is 101 Å². The van der Waals surface area contributed by atoms with E-state index in [4.69, 9.17) is 16.0 Å². The second-order valence-electron chi connectivity index (χ2n) is 6.22. The van der Waals surface area contributed by atoms with Gasteiger partial charge in [0.25, 0.3) is 0 Å². The Morgan fingerprint density at radius 2 is 1.86 bits per heavy atom. The van der Waals surface area contributed by atoms with E-state index in [-0.39, 0.29) is 5.56 Å². The highest BCUT2D eigenvalue weighted by molar-refractivity contribution is 6.30. The number of aromatic nitrogens is 1. The maximum absolute atomic E-state index is 14.5. The Morgan fingerprint density at radius 1 is 1.00 bits per heavy atom. The summed E-state index contributed by atoms with van der Waals surface area (Å²) in [6, 6.07) is 13.6. The highest BCUT2D eigenvalue weighted by Crippen LogP contribution is 2.41. The van der Waals surface area contributed by atoms with Crippen LogP contribution < -0.4 is 0 Å². The molecule has 0 aliphatic rings. The molecule has 0 spiro atoms. The molecule has 2 aromatic carbocycles. The van der Waals surface area contributed by atoms with E-state index in [1.54, 1.807) is 42.6 Å². The number of nitrogens with zero attached hydrogens (tertiary/aromatic N) is 1. The van der Waals surface area contributed by atoms with E-state index in [1.807, 2.05) is 0 Å². The molecule has 0 aliphatic carbocycles. The predicted octanol–water partition coefficient (Wildman–Crippen LogP) is 6.02. The van der Waals surface area contributed by atoms with Gasteiger partial charge in [-0.3, -0.25) is 4.98 Å². The first-order chi connectivity index (χ1) is 13.5. The zero-order valence-electron chi connectivity index (χ0n) is 14.4. The van der Waals surface area contributed by atoms with Gasteiger partial charge in [0.1, 0.15) is 23.5 Å². The third-order valence-corrected chi connectivity index (χ3v) is 4.65. The fraction of sp³-hybridized carbons (Fsp3) is 0.0455.